The summed E-state index contributed by atoms with van der Waals surface area (Å²) in [5, 5.41) is 0. The molecule has 0 radical (unpaired) electrons. The number of hydrogen-bond acceptors (Lipinski definition) is 3. The van der Waals surface area contributed by atoms with E-state index in [1.807, 2.05) is 65.7 Å². The van der Waals surface area contributed by atoms with E-state index in [1.165, 1.54) is 17.7 Å². The normalized spacial score (nSPS) is 15.5. The van der Waals surface area contributed by atoms with Gasteiger partial charge in [0.05, 0.1) is 11.0 Å². The van der Waals surface area contributed by atoms with Crippen molar-refractivity contribution < 1.29 is 9.18 Å². The number of likely N-dealkylation sites (tertiary alicyclic amines) is 1. The van der Waals surface area contributed by atoms with Gasteiger partial charge in [-0.3, -0.25) is 9.78 Å². The van der Waals surface area contributed by atoms with Gasteiger partial charge in [-0.05, 0) is 53.9 Å². The molecule has 1 unspecified atom stereocenters. The van der Waals surface area contributed by atoms with E-state index in [4.69, 9.17) is 4.98 Å². The molecule has 5 aromatic rings. The van der Waals surface area contributed by atoms with Crippen LogP contribution in [-0.2, 0) is 6.54 Å². The molecule has 1 amide bonds. The van der Waals surface area contributed by atoms with E-state index in [9.17, 15) is 9.18 Å². The lowest BCUT2D eigenvalue weighted by Crippen LogP contribution is -2.28. The number of nitrogens with zero attached hydrogens (tertiary/aromatic N) is 4. The monoisotopic (exact) mass is 476 g/mol. The van der Waals surface area contributed by atoms with E-state index in [-0.39, 0.29) is 11.7 Å². The molecule has 6 heteroatoms. The molecule has 0 saturated carbocycles. The zero-order valence-corrected chi connectivity index (χ0v) is 19.7. The predicted molar refractivity (Wildman–Crippen MR) is 138 cm³/mol. The molecule has 0 aliphatic carbocycles. The average Bonchev–Trinajstić information content (AvgIpc) is 3.56. The molecule has 0 spiro atoms. The van der Waals surface area contributed by atoms with Crippen LogP contribution in [0, 0.1) is 5.82 Å². The highest BCUT2D eigenvalue weighted by Gasteiger charge is 2.28. The van der Waals surface area contributed by atoms with Gasteiger partial charge in [0.25, 0.3) is 5.91 Å². The first-order chi connectivity index (χ1) is 17.7. The van der Waals surface area contributed by atoms with Crippen LogP contribution in [0.2, 0.25) is 0 Å². The van der Waals surface area contributed by atoms with Gasteiger partial charge in [0.15, 0.2) is 0 Å². The van der Waals surface area contributed by atoms with Crippen LogP contribution in [0.5, 0.6) is 0 Å². The summed E-state index contributed by atoms with van der Waals surface area (Å²) >= 11 is 0. The Labute approximate surface area is 208 Å². The molecule has 1 aliphatic heterocycles. The largest absolute Gasteiger partial charge is 0.338 e. The highest BCUT2D eigenvalue weighted by Crippen LogP contribution is 2.30. The van der Waals surface area contributed by atoms with Crippen molar-refractivity contribution in [1.29, 1.82) is 0 Å². The van der Waals surface area contributed by atoms with Gasteiger partial charge in [0.1, 0.15) is 11.6 Å². The first-order valence-electron chi connectivity index (χ1n) is 12.1. The maximum atomic E-state index is 13.5. The molecule has 3 heterocycles. The van der Waals surface area contributed by atoms with E-state index in [0.717, 1.165) is 41.0 Å². The Morgan fingerprint density at radius 2 is 1.81 bits per heavy atom. The van der Waals surface area contributed by atoms with Crippen LogP contribution in [0.15, 0.2) is 97.3 Å². The molecule has 5 nitrogen and oxygen atoms in total. The van der Waals surface area contributed by atoms with Crippen molar-refractivity contribution in [3.63, 3.8) is 0 Å². The average molecular weight is 477 g/mol. The van der Waals surface area contributed by atoms with Crippen molar-refractivity contribution in [2.75, 3.05) is 13.1 Å². The van der Waals surface area contributed by atoms with Gasteiger partial charge < -0.3 is 9.47 Å². The Hall–Kier alpha value is -4.32. The zero-order valence-electron chi connectivity index (χ0n) is 19.7. The minimum atomic E-state index is -0.256. The number of carbonyl (C=O) groups is 1. The zero-order chi connectivity index (χ0) is 24.5. The number of carbonyl (C=O) groups excluding carboxylic acids is 1. The second kappa shape index (κ2) is 9.38. The third-order valence-corrected chi connectivity index (χ3v) is 6.91. The van der Waals surface area contributed by atoms with E-state index < -0.39 is 0 Å². The number of fused-ring (bicyclic) bond motifs is 1. The van der Waals surface area contributed by atoms with E-state index >= 15 is 0 Å². The minimum Gasteiger partial charge on any atom is -0.338 e. The molecule has 1 atom stereocenters. The Morgan fingerprint density at radius 3 is 2.58 bits per heavy atom. The van der Waals surface area contributed by atoms with E-state index in [2.05, 4.69) is 15.6 Å². The second-order valence-electron chi connectivity index (χ2n) is 9.24. The molecule has 1 saturated heterocycles. The van der Waals surface area contributed by atoms with Crippen molar-refractivity contribution in [3.8, 4) is 11.4 Å². The first kappa shape index (κ1) is 22.2. The van der Waals surface area contributed by atoms with Crippen molar-refractivity contribution in [2.45, 2.75) is 18.9 Å². The standard InChI is InChI=1S/C30H25FN4O/c31-26-11-8-21(9-12-26)19-35-28-13-10-23(17-27(28)33-29(35)22-5-2-1-3-6-22)30(36)34-16-14-25(20-34)24-7-4-15-32-18-24/h1-13,15,17-18,25H,14,16,19-20H2. The summed E-state index contributed by atoms with van der Waals surface area (Å²) < 4.78 is 15.6. The van der Waals surface area contributed by atoms with Crippen molar-refractivity contribution >= 4 is 16.9 Å². The van der Waals surface area contributed by atoms with Crippen molar-refractivity contribution in [3.05, 3.63) is 120 Å². The van der Waals surface area contributed by atoms with Crippen LogP contribution < -0.4 is 0 Å². The summed E-state index contributed by atoms with van der Waals surface area (Å²) in [6.45, 7) is 1.97. The molecule has 3 aromatic carbocycles. The lowest BCUT2D eigenvalue weighted by atomic mass is 10.0. The number of rotatable bonds is 5. The highest BCUT2D eigenvalue weighted by atomic mass is 19.1. The topological polar surface area (TPSA) is 51.0 Å². The number of amides is 1. The molecular formula is C30H25FN4O. The van der Waals surface area contributed by atoms with Crippen LogP contribution in [0.3, 0.4) is 0 Å². The van der Waals surface area contributed by atoms with Crippen LogP contribution in [0.25, 0.3) is 22.4 Å². The van der Waals surface area contributed by atoms with Crippen LogP contribution in [-0.4, -0.2) is 38.4 Å². The van der Waals surface area contributed by atoms with Crippen molar-refractivity contribution in [1.82, 2.24) is 19.4 Å². The fraction of sp³-hybridized carbons (Fsp3) is 0.167. The summed E-state index contributed by atoms with van der Waals surface area (Å²) in [6, 6.07) is 26.3. The molecule has 0 bridgehead atoms. The molecule has 6 rings (SSSR count). The maximum absolute atomic E-state index is 13.5. The summed E-state index contributed by atoms with van der Waals surface area (Å²) in [6.07, 6.45) is 4.60. The lowest BCUT2D eigenvalue weighted by Gasteiger charge is -2.17. The van der Waals surface area contributed by atoms with Gasteiger partial charge in [-0.25, -0.2) is 9.37 Å². The predicted octanol–water partition coefficient (Wildman–Crippen LogP) is 5.92. The third-order valence-electron chi connectivity index (χ3n) is 6.91. The number of hydrogen-bond donors (Lipinski definition) is 0. The molecule has 1 fully saturated rings. The molecular weight excluding hydrogens is 451 g/mol. The van der Waals surface area contributed by atoms with E-state index in [1.54, 1.807) is 18.3 Å². The molecule has 178 valence electrons. The van der Waals surface area contributed by atoms with Crippen LogP contribution in [0.4, 0.5) is 4.39 Å². The second-order valence-corrected chi connectivity index (χ2v) is 9.24. The van der Waals surface area contributed by atoms with Gasteiger partial charge in [-0.15, -0.1) is 0 Å². The highest BCUT2D eigenvalue weighted by molar-refractivity contribution is 5.98. The maximum Gasteiger partial charge on any atom is 0.253 e. The Kier molecular flexibility index (Phi) is 5.77. The summed E-state index contributed by atoms with van der Waals surface area (Å²) in [5.74, 6) is 0.898. The summed E-state index contributed by atoms with van der Waals surface area (Å²) in [7, 11) is 0. The minimum absolute atomic E-state index is 0.0256. The lowest BCUT2D eigenvalue weighted by molar-refractivity contribution is 0.0791. The first-order valence-corrected chi connectivity index (χ1v) is 12.1. The molecule has 0 N–H and O–H groups in total. The molecule has 36 heavy (non-hydrogen) atoms. The fourth-order valence-electron chi connectivity index (χ4n) is 5.02. The molecule has 2 aromatic heterocycles. The number of benzene rings is 3. The SMILES string of the molecule is O=C(c1ccc2c(c1)nc(-c1ccccc1)n2Cc1ccc(F)cc1)N1CCC(c2cccnc2)C1. The fourth-order valence-corrected chi connectivity index (χ4v) is 5.02. The van der Waals surface area contributed by atoms with Gasteiger partial charge in [0, 0.05) is 49.1 Å². The number of imidazole rings is 1. The smallest absolute Gasteiger partial charge is 0.253 e. The van der Waals surface area contributed by atoms with Gasteiger partial charge in [0.2, 0.25) is 0 Å². The summed E-state index contributed by atoms with van der Waals surface area (Å²) in [4.78, 5) is 24.5. The summed E-state index contributed by atoms with van der Waals surface area (Å²) in [5.41, 5.74) is 5.49. The van der Waals surface area contributed by atoms with Crippen LogP contribution >= 0.6 is 0 Å². The Balaban J connectivity index is 1.33. The van der Waals surface area contributed by atoms with Gasteiger partial charge in [-0.2, -0.15) is 0 Å². The van der Waals surface area contributed by atoms with Gasteiger partial charge in [-0.1, -0.05) is 48.5 Å². The number of pyridine rings is 1. The Bertz CT molecular complexity index is 1510. The Morgan fingerprint density at radius 1 is 0.972 bits per heavy atom. The quantitative estimate of drug-likeness (QED) is 0.317. The van der Waals surface area contributed by atoms with Gasteiger partial charge >= 0.3 is 0 Å². The van der Waals surface area contributed by atoms with Crippen LogP contribution in [0.1, 0.15) is 33.8 Å². The van der Waals surface area contributed by atoms with E-state index in [0.29, 0.717) is 24.6 Å². The third kappa shape index (κ3) is 4.26. The number of halogens is 1. The van der Waals surface area contributed by atoms with Crippen molar-refractivity contribution in [2.24, 2.45) is 0 Å². The molecule has 1 aliphatic rings. The number of aromatic nitrogens is 3.